The molecule has 0 aromatic heterocycles. The maximum Gasteiger partial charge on any atom is 0.302 e. The Morgan fingerprint density at radius 1 is 1.27 bits per heavy atom. The molecule has 4 aliphatic rings. The fraction of sp³-hybridized carbons (Fsp3) is 0.889. The number of rotatable bonds is 1. The highest BCUT2D eigenvalue weighted by Gasteiger charge is 2.65. The zero-order valence-electron chi connectivity index (χ0n) is 13.7. The topological polar surface area (TPSA) is 46.6 Å². The van der Waals surface area contributed by atoms with Gasteiger partial charge in [0.25, 0.3) is 0 Å². The van der Waals surface area contributed by atoms with E-state index in [1.54, 1.807) is 0 Å². The number of Topliss-reactive ketones (excluding diaryl/α,β-unsaturated/α-hetero) is 1. The second kappa shape index (κ2) is 5.05. The lowest BCUT2D eigenvalue weighted by Gasteiger charge is -2.67. The van der Waals surface area contributed by atoms with Crippen molar-refractivity contribution in [3.63, 3.8) is 0 Å². The first kappa shape index (κ1) is 14.7. The summed E-state index contributed by atoms with van der Waals surface area (Å²) < 4.78 is 5.70. The van der Waals surface area contributed by atoms with E-state index in [1.165, 1.54) is 19.8 Å². The summed E-state index contributed by atoms with van der Waals surface area (Å²) >= 11 is 0. The Morgan fingerprint density at radius 2 is 2.00 bits per heavy atom. The molecule has 4 rings (SSSR count). The molecular weight excluding hydrogens is 278 g/mol. The molecule has 4 nitrogen and oxygen atoms in total. The van der Waals surface area contributed by atoms with Crippen molar-refractivity contribution < 1.29 is 14.3 Å². The lowest BCUT2D eigenvalue weighted by atomic mass is 9.48. The van der Waals surface area contributed by atoms with E-state index in [4.69, 9.17) is 4.74 Å². The molecule has 2 aliphatic carbocycles. The molecule has 0 N–H and O–H groups in total. The van der Waals surface area contributed by atoms with E-state index < -0.39 is 0 Å². The maximum absolute atomic E-state index is 12.8. The minimum Gasteiger partial charge on any atom is -0.462 e. The normalized spacial score (nSPS) is 47.7. The summed E-state index contributed by atoms with van der Waals surface area (Å²) in [6.07, 6.45) is 6.27. The second-order valence-electron chi connectivity index (χ2n) is 8.01. The second-order valence-corrected chi connectivity index (χ2v) is 8.01. The monoisotopic (exact) mass is 305 g/mol. The number of ether oxygens (including phenoxy) is 1. The van der Waals surface area contributed by atoms with Crippen molar-refractivity contribution in [1.29, 1.82) is 0 Å². The zero-order chi connectivity index (χ0) is 15.5. The number of nitrogens with zero attached hydrogens (tertiary/aromatic N) is 1. The molecule has 6 unspecified atom stereocenters. The van der Waals surface area contributed by atoms with Crippen LogP contribution in [0.3, 0.4) is 0 Å². The Bertz CT molecular complexity index is 503. The number of carbonyl (C=O) groups is 2. The van der Waals surface area contributed by atoms with Crippen LogP contribution in [0.1, 0.15) is 52.4 Å². The number of hydrogen-bond donors (Lipinski definition) is 0. The lowest BCUT2D eigenvalue weighted by Crippen LogP contribution is -2.73. The van der Waals surface area contributed by atoms with Gasteiger partial charge in [-0.05, 0) is 57.0 Å². The third-order valence-corrected chi connectivity index (χ3v) is 6.97. The van der Waals surface area contributed by atoms with E-state index >= 15 is 0 Å². The van der Waals surface area contributed by atoms with Crippen LogP contribution in [0.2, 0.25) is 0 Å². The largest absolute Gasteiger partial charge is 0.462 e. The number of carbonyl (C=O) groups excluding carboxylic acids is 2. The van der Waals surface area contributed by atoms with Gasteiger partial charge in [0.15, 0.2) is 0 Å². The van der Waals surface area contributed by atoms with Crippen LogP contribution in [-0.4, -0.2) is 41.4 Å². The molecule has 0 amide bonds. The van der Waals surface area contributed by atoms with E-state index in [1.807, 2.05) is 0 Å². The van der Waals surface area contributed by atoms with Gasteiger partial charge in [0.2, 0.25) is 0 Å². The summed E-state index contributed by atoms with van der Waals surface area (Å²) in [4.78, 5) is 27.0. The van der Waals surface area contributed by atoms with Gasteiger partial charge in [0.05, 0.1) is 0 Å². The summed E-state index contributed by atoms with van der Waals surface area (Å²) in [6, 6.07) is 0. The lowest BCUT2D eigenvalue weighted by molar-refractivity contribution is -0.204. The van der Waals surface area contributed by atoms with Crippen LogP contribution in [-0.2, 0) is 14.3 Å². The fourth-order valence-electron chi connectivity index (χ4n) is 6.49. The number of ketones is 1. The van der Waals surface area contributed by atoms with Gasteiger partial charge in [-0.2, -0.15) is 0 Å². The van der Waals surface area contributed by atoms with E-state index in [-0.39, 0.29) is 29.4 Å². The summed E-state index contributed by atoms with van der Waals surface area (Å²) in [5, 5.41) is 0. The van der Waals surface area contributed by atoms with E-state index in [9.17, 15) is 9.59 Å². The Labute approximate surface area is 132 Å². The van der Waals surface area contributed by atoms with Crippen LogP contribution < -0.4 is 0 Å². The highest BCUT2D eigenvalue weighted by atomic mass is 16.5. The molecular formula is C18H27NO3. The molecule has 0 aromatic carbocycles. The molecule has 2 bridgehead atoms. The SMILES string of the molecule is CC(=O)OC1C(C)CC23C4CCCN2CCCC3C1CC4=O. The van der Waals surface area contributed by atoms with Crippen LogP contribution in [0.25, 0.3) is 0 Å². The number of piperidine rings is 2. The Morgan fingerprint density at radius 3 is 2.73 bits per heavy atom. The van der Waals surface area contributed by atoms with Gasteiger partial charge in [-0.1, -0.05) is 6.92 Å². The molecule has 2 aliphatic heterocycles. The smallest absolute Gasteiger partial charge is 0.302 e. The van der Waals surface area contributed by atoms with Gasteiger partial charge in [-0.15, -0.1) is 0 Å². The molecule has 0 radical (unpaired) electrons. The van der Waals surface area contributed by atoms with Crippen molar-refractivity contribution >= 4 is 11.8 Å². The molecule has 2 saturated carbocycles. The van der Waals surface area contributed by atoms with Gasteiger partial charge < -0.3 is 4.74 Å². The molecule has 0 aromatic rings. The summed E-state index contributed by atoms with van der Waals surface area (Å²) in [5.74, 6) is 1.64. The molecule has 1 spiro atoms. The molecule has 4 fully saturated rings. The third kappa shape index (κ3) is 1.85. The molecule has 6 atom stereocenters. The predicted octanol–water partition coefficient (Wildman–Crippen LogP) is 2.41. The van der Waals surface area contributed by atoms with Gasteiger partial charge in [-0.25, -0.2) is 0 Å². The van der Waals surface area contributed by atoms with E-state index in [2.05, 4.69) is 11.8 Å². The van der Waals surface area contributed by atoms with Crippen LogP contribution in [0.4, 0.5) is 0 Å². The van der Waals surface area contributed by atoms with Gasteiger partial charge in [0, 0.05) is 30.7 Å². The van der Waals surface area contributed by atoms with E-state index in [0.29, 0.717) is 24.0 Å². The summed E-state index contributed by atoms with van der Waals surface area (Å²) in [6.45, 7) is 6.02. The maximum atomic E-state index is 12.8. The number of hydrogen-bond acceptors (Lipinski definition) is 4. The average molecular weight is 305 g/mol. The van der Waals surface area contributed by atoms with Crippen LogP contribution >= 0.6 is 0 Å². The van der Waals surface area contributed by atoms with Crippen LogP contribution in [0.5, 0.6) is 0 Å². The molecule has 2 heterocycles. The van der Waals surface area contributed by atoms with Gasteiger partial charge >= 0.3 is 5.97 Å². The summed E-state index contributed by atoms with van der Waals surface area (Å²) in [7, 11) is 0. The quantitative estimate of drug-likeness (QED) is 0.698. The van der Waals surface area contributed by atoms with Crippen molar-refractivity contribution in [2.45, 2.75) is 64.0 Å². The molecule has 22 heavy (non-hydrogen) atoms. The first-order valence-corrected chi connectivity index (χ1v) is 8.99. The highest BCUT2D eigenvalue weighted by molar-refractivity contribution is 5.84. The van der Waals surface area contributed by atoms with Crippen molar-refractivity contribution in [2.75, 3.05) is 13.1 Å². The minimum atomic E-state index is -0.196. The Kier molecular flexibility index (Phi) is 3.37. The van der Waals surface area contributed by atoms with E-state index in [0.717, 1.165) is 32.4 Å². The van der Waals surface area contributed by atoms with Crippen molar-refractivity contribution in [3.05, 3.63) is 0 Å². The van der Waals surface area contributed by atoms with Crippen LogP contribution in [0, 0.1) is 23.7 Å². The number of esters is 1. The molecule has 2 saturated heterocycles. The first-order chi connectivity index (χ1) is 10.5. The van der Waals surface area contributed by atoms with Gasteiger partial charge in [0.1, 0.15) is 11.9 Å². The van der Waals surface area contributed by atoms with Crippen molar-refractivity contribution in [3.8, 4) is 0 Å². The average Bonchev–Trinajstić information content (AvgIpc) is 2.47. The molecule has 122 valence electrons. The standard InChI is InChI=1S/C18H27NO3/c1-11-10-18-14-5-3-7-19(18)8-4-6-15(18)16(21)9-13(14)17(11)22-12(2)20/h11,13-15,17H,3-10H2,1-2H3. The molecule has 4 heteroatoms. The van der Waals surface area contributed by atoms with Gasteiger partial charge in [-0.3, -0.25) is 14.5 Å². The van der Waals surface area contributed by atoms with Crippen LogP contribution in [0.15, 0.2) is 0 Å². The Balaban J connectivity index is 1.76. The van der Waals surface area contributed by atoms with Crippen molar-refractivity contribution in [1.82, 2.24) is 4.90 Å². The minimum absolute atomic E-state index is 0.0556. The highest BCUT2D eigenvalue weighted by Crippen LogP contribution is 2.59. The Hall–Kier alpha value is -0.900. The summed E-state index contributed by atoms with van der Waals surface area (Å²) in [5.41, 5.74) is 0.0898. The fourth-order valence-corrected chi connectivity index (χ4v) is 6.49. The predicted molar refractivity (Wildman–Crippen MR) is 82.2 cm³/mol. The third-order valence-electron chi connectivity index (χ3n) is 6.97. The van der Waals surface area contributed by atoms with Crippen molar-refractivity contribution in [2.24, 2.45) is 23.7 Å². The zero-order valence-corrected chi connectivity index (χ0v) is 13.7. The first-order valence-electron chi connectivity index (χ1n) is 8.99.